The van der Waals surface area contributed by atoms with Crippen molar-refractivity contribution in [3.05, 3.63) is 23.7 Å². The first-order chi connectivity index (χ1) is 9.15. The van der Waals surface area contributed by atoms with Gasteiger partial charge in [-0.1, -0.05) is 5.16 Å². The SMILES string of the molecule is Cc1cc(C)n2nc3c4cnoc4nc(N)c3c2n1. The van der Waals surface area contributed by atoms with Crippen LogP contribution in [-0.4, -0.2) is 24.7 Å². The molecule has 19 heavy (non-hydrogen) atoms. The van der Waals surface area contributed by atoms with Crippen LogP contribution in [0.1, 0.15) is 11.4 Å². The molecule has 0 atom stereocenters. The van der Waals surface area contributed by atoms with Crippen LogP contribution in [-0.2, 0) is 0 Å². The highest BCUT2D eigenvalue weighted by atomic mass is 16.5. The van der Waals surface area contributed by atoms with Gasteiger partial charge in [-0.2, -0.15) is 10.1 Å². The van der Waals surface area contributed by atoms with Gasteiger partial charge in [0.25, 0.3) is 5.71 Å². The first kappa shape index (κ1) is 10.2. The Balaban J connectivity index is 2.37. The van der Waals surface area contributed by atoms with E-state index in [1.54, 1.807) is 10.7 Å². The third-order valence-electron chi connectivity index (χ3n) is 3.18. The van der Waals surface area contributed by atoms with Crippen molar-refractivity contribution in [2.75, 3.05) is 5.73 Å². The minimum Gasteiger partial charge on any atom is -0.383 e. The summed E-state index contributed by atoms with van der Waals surface area (Å²) in [5, 5.41) is 9.77. The third kappa shape index (κ3) is 1.21. The molecule has 0 aliphatic heterocycles. The van der Waals surface area contributed by atoms with E-state index in [2.05, 4.69) is 20.2 Å². The van der Waals surface area contributed by atoms with E-state index in [0.717, 1.165) is 22.2 Å². The zero-order valence-electron chi connectivity index (χ0n) is 10.4. The normalized spacial score (nSPS) is 11.9. The fourth-order valence-corrected chi connectivity index (χ4v) is 2.39. The molecule has 0 spiro atoms. The summed E-state index contributed by atoms with van der Waals surface area (Å²) in [4.78, 5) is 8.71. The summed E-state index contributed by atoms with van der Waals surface area (Å²) in [5.74, 6) is 0.353. The van der Waals surface area contributed by atoms with Gasteiger partial charge in [-0.25, -0.2) is 9.50 Å². The maximum absolute atomic E-state index is 6.00. The van der Waals surface area contributed by atoms with Gasteiger partial charge in [-0.05, 0) is 19.9 Å². The van der Waals surface area contributed by atoms with Crippen molar-refractivity contribution in [3.63, 3.8) is 0 Å². The minimum atomic E-state index is 0.353. The molecule has 4 rings (SSSR count). The standard InChI is InChI=1S/C12H10N6O/c1-5-3-6(2)18-11(15-5)8-9(17-18)7-4-14-19-12(7)16-10(8)13/h3-4H,1-2H3,(H2,13,16). The second kappa shape index (κ2) is 3.19. The predicted molar refractivity (Wildman–Crippen MR) is 69.7 cm³/mol. The van der Waals surface area contributed by atoms with Crippen molar-refractivity contribution < 1.29 is 4.52 Å². The van der Waals surface area contributed by atoms with Crippen LogP contribution in [0.5, 0.6) is 0 Å². The van der Waals surface area contributed by atoms with E-state index in [9.17, 15) is 0 Å². The van der Waals surface area contributed by atoms with Crippen molar-refractivity contribution in [1.82, 2.24) is 24.7 Å². The lowest BCUT2D eigenvalue weighted by molar-refractivity contribution is 0.449. The van der Waals surface area contributed by atoms with Gasteiger partial charge >= 0.3 is 0 Å². The molecule has 0 saturated heterocycles. The average molecular weight is 254 g/mol. The Labute approximate surface area is 107 Å². The van der Waals surface area contributed by atoms with Crippen molar-refractivity contribution in [2.24, 2.45) is 0 Å². The summed E-state index contributed by atoms with van der Waals surface area (Å²) in [6, 6.07) is 1.97. The van der Waals surface area contributed by atoms with Crippen molar-refractivity contribution >= 4 is 33.5 Å². The molecule has 2 N–H and O–H groups in total. The highest BCUT2D eigenvalue weighted by Gasteiger charge is 2.17. The molecule has 0 radical (unpaired) electrons. The number of anilines is 1. The Morgan fingerprint density at radius 2 is 2.11 bits per heavy atom. The molecular formula is C12H10N6O. The third-order valence-corrected chi connectivity index (χ3v) is 3.18. The van der Waals surface area contributed by atoms with Crippen LogP contribution in [0.3, 0.4) is 0 Å². The van der Waals surface area contributed by atoms with Crippen molar-refractivity contribution in [3.8, 4) is 0 Å². The van der Waals surface area contributed by atoms with Gasteiger partial charge in [0.1, 0.15) is 11.3 Å². The predicted octanol–water partition coefficient (Wildman–Crippen LogP) is 1.62. The lowest BCUT2D eigenvalue weighted by Crippen LogP contribution is -1.97. The maximum Gasteiger partial charge on any atom is 0.261 e. The molecule has 0 aliphatic rings. The zero-order chi connectivity index (χ0) is 13.1. The number of pyridine rings is 1. The van der Waals surface area contributed by atoms with Gasteiger partial charge in [-0.3, -0.25) is 0 Å². The fraction of sp³-hybridized carbons (Fsp3) is 0.167. The molecule has 0 bridgehead atoms. The zero-order valence-corrected chi connectivity index (χ0v) is 10.4. The molecule has 7 heteroatoms. The first-order valence-corrected chi connectivity index (χ1v) is 5.81. The number of hydrogen-bond donors (Lipinski definition) is 1. The van der Waals surface area contributed by atoms with E-state index in [-0.39, 0.29) is 0 Å². The molecule has 94 valence electrons. The molecular weight excluding hydrogens is 244 g/mol. The van der Waals surface area contributed by atoms with Crippen LogP contribution < -0.4 is 5.73 Å². The number of nitrogen functional groups attached to an aromatic ring is 1. The molecule has 4 aromatic heterocycles. The van der Waals surface area contributed by atoms with Gasteiger partial charge in [0.2, 0.25) is 0 Å². The number of hydrogen-bond acceptors (Lipinski definition) is 6. The Morgan fingerprint density at radius 1 is 1.26 bits per heavy atom. The quantitative estimate of drug-likeness (QED) is 0.512. The first-order valence-electron chi connectivity index (χ1n) is 5.81. The summed E-state index contributed by atoms with van der Waals surface area (Å²) < 4.78 is 6.81. The summed E-state index contributed by atoms with van der Waals surface area (Å²) in [6.45, 7) is 3.91. The number of nitrogens with zero attached hydrogens (tertiary/aromatic N) is 5. The molecule has 7 nitrogen and oxygen atoms in total. The van der Waals surface area contributed by atoms with Crippen LogP contribution >= 0.6 is 0 Å². The van der Waals surface area contributed by atoms with Crippen LogP contribution in [0.2, 0.25) is 0 Å². The molecule has 0 unspecified atom stereocenters. The van der Waals surface area contributed by atoms with Crippen molar-refractivity contribution in [1.29, 1.82) is 0 Å². The maximum atomic E-state index is 6.00. The number of aromatic nitrogens is 5. The van der Waals surface area contributed by atoms with Gasteiger partial charge in [0.15, 0.2) is 5.65 Å². The van der Waals surface area contributed by atoms with E-state index >= 15 is 0 Å². The van der Waals surface area contributed by atoms with E-state index in [1.807, 2.05) is 19.9 Å². The molecule has 4 aromatic rings. The summed E-state index contributed by atoms with van der Waals surface area (Å²) in [7, 11) is 0. The summed E-state index contributed by atoms with van der Waals surface area (Å²) in [6.07, 6.45) is 1.60. The Bertz CT molecular complexity index is 951. The fourth-order valence-electron chi connectivity index (χ4n) is 2.39. The van der Waals surface area contributed by atoms with E-state index in [4.69, 9.17) is 10.3 Å². The number of nitrogens with two attached hydrogens (primary N) is 1. The monoisotopic (exact) mass is 254 g/mol. The number of rotatable bonds is 0. The van der Waals surface area contributed by atoms with E-state index < -0.39 is 0 Å². The Hall–Kier alpha value is -2.70. The summed E-state index contributed by atoms with van der Waals surface area (Å²) in [5.41, 5.74) is 9.72. The lowest BCUT2D eigenvalue weighted by atomic mass is 10.2. The highest BCUT2D eigenvalue weighted by Crippen LogP contribution is 2.30. The second-order valence-corrected chi connectivity index (χ2v) is 4.54. The Morgan fingerprint density at radius 3 is 2.95 bits per heavy atom. The second-order valence-electron chi connectivity index (χ2n) is 4.54. The Kier molecular flexibility index (Phi) is 1.72. The van der Waals surface area contributed by atoms with Crippen LogP contribution in [0.4, 0.5) is 5.82 Å². The van der Waals surface area contributed by atoms with E-state index in [0.29, 0.717) is 22.7 Å². The topological polar surface area (TPSA) is 95.1 Å². The summed E-state index contributed by atoms with van der Waals surface area (Å²) >= 11 is 0. The largest absolute Gasteiger partial charge is 0.383 e. The van der Waals surface area contributed by atoms with Gasteiger partial charge < -0.3 is 10.3 Å². The molecule has 4 heterocycles. The van der Waals surface area contributed by atoms with Crippen molar-refractivity contribution in [2.45, 2.75) is 13.8 Å². The molecule has 0 saturated carbocycles. The van der Waals surface area contributed by atoms with Crippen LogP contribution in [0.25, 0.3) is 27.6 Å². The number of fused-ring (bicyclic) bond motifs is 5. The molecule has 0 amide bonds. The van der Waals surface area contributed by atoms with Crippen LogP contribution in [0.15, 0.2) is 16.8 Å². The van der Waals surface area contributed by atoms with E-state index in [1.165, 1.54) is 0 Å². The van der Waals surface area contributed by atoms with Gasteiger partial charge in [0.05, 0.1) is 17.0 Å². The molecule has 0 fully saturated rings. The minimum absolute atomic E-state index is 0.353. The molecule has 0 aliphatic carbocycles. The highest BCUT2D eigenvalue weighted by molar-refractivity contribution is 6.11. The average Bonchev–Trinajstić information content (AvgIpc) is 2.92. The van der Waals surface area contributed by atoms with Gasteiger partial charge in [0, 0.05) is 11.4 Å². The smallest absolute Gasteiger partial charge is 0.261 e. The molecule has 0 aromatic carbocycles. The number of aryl methyl sites for hydroxylation is 2. The lowest BCUT2D eigenvalue weighted by Gasteiger charge is -2.00. The van der Waals surface area contributed by atoms with Gasteiger partial charge in [-0.15, -0.1) is 0 Å². The van der Waals surface area contributed by atoms with Crippen LogP contribution in [0, 0.1) is 13.8 Å².